The molecule has 2 aliphatic rings. The summed E-state index contributed by atoms with van der Waals surface area (Å²) >= 11 is 1.36. The monoisotopic (exact) mass is 938 g/mol. The van der Waals surface area contributed by atoms with Crippen LogP contribution in [-0.2, 0) is 23.3 Å². The van der Waals surface area contributed by atoms with Gasteiger partial charge in [0.2, 0.25) is 0 Å². The minimum Gasteiger partial charge on any atom is -0.164 e. The summed E-state index contributed by atoms with van der Waals surface area (Å²) in [4.78, 5) is 0. The van der Waals surface area contributed by atoms with Crippen molar-refractivity contribution in [2.45, 2.75) is 104 Å². The van der Waals surface area contributed by atoms with Crippen LogP contribution in [0, 0.1) is 42.5 Å². The Hall–Kier alpha value is -4.76. The molecule has 0 amide bonds. The van der Waals surface area contributed by atoms with Crippen LogP contribution in [-0.4, -0.2) is 17.1 Å². The van der Waals surface area contributed by atoms with E-state index in [4.69, 9.17) is 0 Å². The van der Waals surface area contributed by atoms with Gasteiger partial charge in [0.1, 0.15) is 11.5 Å². The van der Waals surface area contributed by atoms with Gasteiger partial charge in [0, 0.05) is 0 Å². The van der Waals surface area contributed by atoms with Crippen molar-refractivity contribution < 1.29 is 33.5 Å². The van der Waals surface area contributed by atoms with Gasteiger partial charge < -0.3 is 25.1 Å². The molecule has 2 aliphatic carbocycles. The van der Waals surface area contributed by atoms with Gasteiger partial charge in [0.25, 0.3) is 0 Å². The molecule has 4 heteroatoms. The van der Waals surface area contributed by atoms with Crippen molar-refractivity contribution in [1.29, 1.82) is 0 Å². The molecule has 2 saturated carbocycles. The maximum Gasteiger partial charge on any atom is -0.0279 e. The summed E-state index contributed by atoms with van der Waals surface area (Å²) in [6, 6.07) is 56.1. The molecule has 0 saturated heterocycles. The molecule has 8 aromatic carbocycles. The van der Waals surface area contributed by atoms with Crippen LogP contribution in [0.1, 0.15) is 109 Å². The Morgan fingerprint density at radius 2 is 0.734 bits per heavy atom. The molecular formula is C60H68O2SiZr-4. The zero-order valence-electron chi connectivity index (χ0n) is 39.1. The first-order chi connectivity index (χ1) is 30.3. The van der Waals surface area contributed by atoms with Crippen molar-refractivity contribution in [3.05, 3.63) is 206 Å². The van der Waals surface area contributed by atoms with Crippen LogP contribution in [0.15, 0.2) is 158 Å². The fourth-order valence-corrected chi connectivity index (χ4v) is 9.21. The topological polar surface area (TPSA) is 40.5 Å². The number of hydrogen-bond acceptors (Lipinski definition) is 2. The fourth-order valence-electron chi connectivity index (χ4n) is 9.21. The summed E-state index contributed by atoms with van der Waals surface area (Å²) in [5, 5.41) is 24.1. The molecule has 64 heavy (non-hydrogen) atoms. The van der Waals surface area contributed by atoms with Crippen LogP contribution >= 0.6 is 0 Å². The summed E-state index contributed by atoms with van der Waals surface area (Å²) in [7, 11) is 0. The molecular weight excluding hydrogens is 872 g/mol. The van der Waals surface area contributed by atoms with Crippen molar-refractivity contribution in [3.8, 4) is 33.8 Å². The zero-order chi connectivity index (χ0) is 43.8. The molecule has 0 unspecified atom stereocenters. The summed E-state index contributed by atoms with van der Waals surface area (Å²) in [5.41, 5.74) is 12.3. The molecule has 332 valence electrons. The molecule has 0 heterocycles. The Morgan fingerprint density at radius 1 is 0.422 bits per heavy atom. The minimum absolute atomic E-state index is 0. The largest absolute Gasteiger partial charge is 0.164 e. The van der Waals surface area contributed by atoms with E-state index < -0.39 is 0 Å². The maximum absolute atomic E-state index is 9.21. The number of aryl methyl sites for hydroxylation is 4. The van der Waals surface area contributed by atoms with E-state index in [2.05, 4.69) is 128 Å². The Balaban J connectivity index is 0.000000196. The SMILES string of the molecule is Cc1cccc(C)c1O.Cc1cccc(C)c1O.[CH3-].[CH3-].[Si]=[Zr].c1ccc(-c2cccc3[cH-]c(C4CCCCC4)cc23)cc1.c1ccc(-c2cccc3[cH-]c(C4CCCCC4)cc23)cc1. The second kappa shape index (κ2) is 26.3. The first-order valence-corrected chi connectivity index (χ1v) is 26.7. The normalized spacial score (nSPS) is 13.5. The van der Waals surface area contributed by atoms with Gasteiger partial charge in [-0.1, -0.05) is 159 Å². The Kier molecular flexibility index (Phi) is 21.3. The second-order valence-corrected chi connectivity index (χ2v) is 17.1. The number of phenolic OH excluding ortho intramolecular Hbond substituents is 2. The minimum atomic E-state index is 0. The van der Waals surface area contributed by atoms with E-state index in [1.807, 2.05) is 64.1 Å². The third-order valence-electron chi connectivity index (χ3n) is 12.7. The standard InChI is InChI=1S/2C21H21.2C8H10O.2CH3.Si.Zr/c2*1-3-8-16(9-4-1)19-14-18-12-7-13-20(21(18)15-19)17-10-5-2-6-11-17;2*1-6-4-3-5-7(2)8(6)9;;;;/h2*2,5-7,10-16H,1,3-4,8-9H2;2*3-5,9H,1-2H3;2*1H3;;/q2*-1;;;2*-1;;. The van der Waals surface area contributed by atoms with E-state index in [9.17, 15) is 10.2 Å². The van der Waals surface area contributed by atoms with E-state index in [0.29, 0.717) is 11.5 Å². The Morgan fingerprint density at radius 3 is 1.05 bits per heavy atom. The number of hydrogen-bond donors (Lipinski definition) is 2. The van der Waals surface area contributed by atoms with Crippen LogP contribution in [0.2, 0.25) is 0 Å². The molecule has 0 atom stereocenters. The number of para-hydroxylation sites is 2. The van der Waals surface area contributed by atoms with Crippen molar-refractivity contribution in [1.82, 2.24) is 0 Å². The number of phenols is 2. The van der Waals surface area contributed by atoms with Gasteiger partial charge in [-0.05, 0) is 98.6 Å². The molecule has 2 N–H and O–H groups in total. The van der Waals surface area contributed by atoms with Crippen LogP contribution < -0.4 is 0 Å². The molecule has 2 radical (unpaired) electrons. The Labute approximate surface area is 402 Å². The van der Waals surface area contributed by atoms with Gasteiger partial charge >= 0.3 is 30.2 Å². The second-order valence-electron chi connectivity index (χ2n) is 17.1. The predicted molar refractivity (Wildman–Crippen MR) is 275 cm³/mol. The van der Waals surface area contributed by atoms with E-state index >= 15 is 0 Å². The first kappa shape index (κ1) is 51.9. The summed E-state index contributed by atoms with van der Waals surface area (Å²) < 4.78 is 0. The molecule has 10 rings (SSSR count). The summed E-state index contributed by atoms with van der Waals surface area (Å²) in [6.07, 6.45) is 13.9. The summed E-state index contributed by atoms with van der Waals surface area (Å²) in [5.74, 6) is 2.40. The van der Waals surface area contributed by atoms with Gasteiger partial charge in [-0.25, -0.2) is 0 Å². The molecule has 0 spiro atoms. The smallest absolute Gasteiger partial charge is 0.0279 e. The van der Waals surface area contributed by atoms with Crippen molar-refractivity contribution in [3.63, 3.8) is 0 Å². The molecule has 0 aliphatic heterocycles. The van der Waals surface area contributed by atoms with Crippen LogP contribution in [0.5, 0.6) is 11.5 Å². The zero-order valence-corrected chi connectivity index (χ0v) is 42.6. The summed E-state index contributed by atoms with van der Waals surface area (Å²) in [6.45, 7) is 10.6. The van der Waals surface area contributed by atoms with Crippen molar-refractivity contribution in [2.75, 3.05) is 0 Å². The molecule has 0 bridgehead atoms. The van der Waals surface area contributed by atoms with Crippen LogP contribution in [0.25, 0.3) is 43.8 Å². The number of aromatic hydroxyl groups is 2. The molecule has 8 aromatic rings. The number of benzene rings is 6. The maximum atomic E-state index is 9.21. The average Bonchev–Trinajstić information content (AvgIpc) is 3.98. The average molecular weight is 941 g/mol. The van der Waals surface area contributed by atoms with Gasteiger partial charge in [-0.2, -0.15) is 12.1 Å². The number of fused-ring (bicyclic) bond motifs is 2. The van der Waals surface area contributed by atoms with Gasteiger partial charge in [0.05, 0.1) is 0 Å². The van der Waals surface area contributed by atoms with E-state index in [1.165, 1.54) is 131 Å². The van der Waals surface area contributed by atoms with E-state index in [0.717, 1.165) is 34.1 Å². The van der Waals surface area contributed by atoms with Gasteiger partial charge in [-0.15, -0.1) is 69.1 Å². The predicted octanol–water partition coefficient (Wildman–Crippen LogP) is 17.1. The van der Waals surface area contributed by atoms with E-state index in [-0.39, 0.29) is 14.9 Å². The molecule has 2 nitrogen and oxygen atoms in total. The fraction of sp³-hybridized carbons (Fsp3) is 0.267. The van der Waals surface area contributed by atoms with Gasteiger partial charge in [0.15, 0.2) is 0 Å². The van der Waals surface area contributed by atoms with E-state index in [1.54, 1.807) is 11.1 Å². The third kappa shape index (κ3) is 13.6. The molecule has 2 fully saturated rings. The number of rotatable bonds is 4. The molecule has 0 aromatic heterocycles. The van der Waals surface area contributed by atoms with Crippen LogP contribution in [0.3, 0.4) is 0 Å². The van der Waals surface area contributed by atoms with Crippen LogP contribution in [0.4, 0.5) is 0 Å². The third-order valence-corrected chi connectivity index (χ3v) is 12.7. The van der Waals surface area contributed by atoms with Gasteiger partial charge in [-0.3, -0.25) is 0 Å². The van der Waals surface area contributed by atoms with Crippen molar-refractivity contribution in [2.24, 2.45) is 0 Å². The van der Waals surface area contributed by atoms with Crippen molar-refractivity contribution >= 4 is 28.4 Å². The quantitative estimate of drug-likeness (QED) is 0.136. The Bertz CT molecular complexity index is 2370. The first-order valence-electron chi connectivity index (χ1n) is 22.5.